The van der Waals surface area contributed by atoms with Crippen molar-refractivity contribution in [1.82, 2.24) is 5.32 Å². The zero-order valence-corrected chi connectivity index (χ0v) is 10.2. The second-order valence-corrected chi connectivity index (χ2v) is 4.51. The summed E-state index contributed by atoms with van der Waals surface area (Å²) in [5.74, 6) is 0.333. The zero-order valence-electron chi connectivity index (χ0n) is 9.46. The molecule has 0 saturated carbocycles. The fraction of sp³-hybridized carbons (Fsp3) is 0.417. The van der Waals surface area contributed by atoms with Gasteiger partial charge >= 0.3 is 0 Å². The van der Waals surface area contributed by atoms with Gasteiger partial charge in [-0.3, -0.25) is 4.79 Å². The standard InChI is InChI=1S/C12H16ClNO2/c1-8(2)5-6-14-12(16)10-7-9(15)3-4-11(10)13/h3-4,7-8,15H,5-6H2,1-2H3,(H,14,16). The van der Waals surface area contributed by atoms with E-state index in [2.05, 4.69) is 19.2 Å². The van der Waals surface area contributed by atoms with Gasteiger partial charge in [-0.1, -0.05) is 25.4 Å². The molecule has 1 amide bonds. The molecule has 2 N–H and O–H groups in total. The third-order valence-electron chi connectivity index (χ3n) is 2.20. The number of phenols is 1. The van der Waals surface area contributed by atoms with E-state index in [1.54, 1.807) is 0 Å². The minimum absolute atomic E-state index is 0.0402. The highest BCUT2D eigenvalue weighted by atomic mass is 35.5. The van der Waals surface area contributed by atoms with Crippen molar-refractivity contribution in [3.05, 3.63) is 28.8 Å². The molecule has 16 heavy (non-hydrogen) atoms. The lowest BCUT2D eigenvalue weighted by molar-refractivity contribution is 0.0952. The smallest absolute Gasteiger partial charge is 0.252 e. The maximum absolute atomic E-state index is 11.7. The lowest BCUT2D eigenvalue weighted by Crippen LogP contribution is -2.25. The fourth-order valence-corrected chi connectivity index (χ4v) is 1.46. The van der Waals surface area contributed by atoms with Gasteiger partial charge in [-0.25, -0.2) is 0 Å². The zero-order chi connectivity index (χ0) is 12.1. The second-order valence-electron chi connectivity index (χ2n) is 4.10. The van der Waals surface area contributed by atoms with Gasteiger partial charge < -0.3 is 10.4 Å². The molecule has 0 spiro atoms. The third-order valence-corrected chi connectivity index (χ3v) is 2.53. The summed E-state index contributed by atoms with van der Waals surface area (Å²) in [6.45, 7) is 4.80. The number of carbonyl (C=O) groups is 1. The number of halogens is 1. The summed E-state index contributed by atoms with van der Waals surface area (Å²) in [7, 11) is 0. The van der Waals surface area contributed by atoms with Gasteiger partial charge in [0.25, 0.3) is 5.91 Å². The van der Waals surface area contributed by atoms with Gasteiger partial charge in [0.05, 0.1) is 10.6 Å². The monoisotopic (exact) mass is 241 g/mol. The Morgan fingerprint density at radius 3 is 2.81 bits per heavy atom. The number of amides is 1. The van der Waals surface area contributed by atoms with Crippen LogP contribution in [0.15, 0.2) is 18.2 Å². The Hall–Kier alpha value is -1.22. The van der Waals surface area contributed by atoms with Gasteiger partial charge in [-0.15, -0.1) is 0 Å². The topological polar surface area (TPSA) is 49.3 Å². The number of rotatable bonds is 4. The molecule has 1 aromatic rings. The van der Waals surface area contributed by atoms with Gasteiger partial charge in [-0.05, 0) is 30.5 Å². The summed E-state index contributed by atoms with van der Waals surface area (Å²) >= 11 is 5.86. The van der Waals surface area contributed by atoms with Gasteiger partial charge in [0.2, 0.25) is 0 Å². The Labute approximate surface area is 100 Å². The van der Waals surface area contributed by atoms with Crippen LogP contribution < -0.4 is 5.32 Å². The highest BCUT2D eigenvalue weighted by Gasteiger charge is 2.10. The summed E-state index contributed by atoms with van der Waals surface area (Å²) < 4.78 is 0. The van der Waals surface area contributed by atoms with Crippen molar-refractivity contribution in [2.24, 2.45) is 5.92 Å². The van der Waals surface area contributed by atoms with E-state index in [1.807, 2.05) is 0 Å². The molecule has 0 radical (unpaired) electrons. The highest BCUT2D eigenvalue weighted by Crippen LogP contribution is 2.20. The first-order valence-corrected chi connectivity index (χ1v) is 5.65. The van der Waals surface area contributed by atoms with Crippen LogP contribution in [0.2, 0.25) is 5.02 Å². The molecule has 0 aliphatic rings. The maximum atomic E-state index is 11.7. The molecular weight excluding hydrogens is 226 g/mol. The molecule has 3 nitrogen and oxygen atoms in total. The molecule has 1 rings (SSSR count). The summed E-state index contributed by atoms with van der Waals surface area (Å²) in [4.78, 5) is 11.7. The minimum atomic E-state index is -0.249. The molecule has 0 atom stereocenters. The van der Waals surface area contributed by atoms with Crippen LogP contribution in [-0.4, -0.2) is 17.6 Å². The van der Waals surface area contributed by atoms with Crippen LogP contribution in [-0.2, 0) is 0 Å². The predicted octanol–water partition coefficient (Wildman–Crippen LogP) is 2.82. The Kier molecular flexibility index (Phi) is 4.62. The van der Waals surface area contributed by atoms with Gasteiger partial charge in [0, 0.05) is 6.54 Å². The molecule has 88 valence electrons. The van der Waals surface area contributed by atoms with Crippen molar-refractivity contribution in [1.29, 1.82) is 0 Å². The molecule has 0 bridgehead atoms. The molecule has 0 heterocycles. The van der Waals surface area contributed by atoms with Crippen LogP contribution in [0.4, 0.5) is 0 Å². The fourth-order valence-electron chi connectivity index (χ4n) is 1.26. The molecule has 0 unspecified atom stereocenters. The van der Waals surface area contributed by atoms with Crippen LogP contribution >= 0.6 is 11.6 Å². The predicted molar refractivity (Wildman–Crippen MR) is 64.9 cm³/mol. The summed E-state index contributed by atoms with van der Waals surface area (Å²) in [5, 5.41) is 12.4. The van der Waals surface area contributed by atoms with Gasteiger partial charge in [-0.2, -0.15) is 0 Å². The second kappa shape index (κ2) is 5.75. The Morgan fingerprint density at radius 2 is 2.19 bits per heavy atom. The van der Waals surface area contributed by atoms with Crippen LogP contribution in [0.3, 0.4) is 0 Å². The third kappa shape index (κ3) is 3.74. The Morgan fingerprint density at radius 1 is 1.50 bits per heavy atom. The van der Waals surface area contributed by atoms with Crippen molar-refractivity contribution in [2.45, 2.75) is 20.3 Å². The van der Waals surface area contributed by atoms with Crippen LogP contribution in [0, 0.1) is 5.92 Å². The van der Waals surface area contributed by atoms with Crippen molar-refractivity contribution in [3.8, 4) is 5.75 Å². The first-order valence-electron chi connectivity index (χ1n) is 5.27. The normalized spacial score (nSPS) is 10.5. The summed E-state index contributed by atoms with van der Waals surface area (Å²) in [6.07, 6.45) is 0.919. The van der Waals surface area contributed by atoms with E-state index in [9.17, 15) is 9.90 Å². The summed E-state index contributed by atoms with van der Waals surface area (Å²) in [5.41, 5.74) is 0.311. The SMILES string of the molecule is CC(C)CCNC(=O)c1cc(O)ccc1Cl. The van der Waals surface area contributed by atoms with Gasteiger partial charge in [0.15, 0.2) is 0 Å². The van der Waals surface area contributed by atoms with E-state index in [0.29, 0.717) is 23.0 Å². The largest absolute Gasteiger partial charge is 0.508 e. The van der Waals surface area contributed by atoms with Crippen molar-refractivity contribution >= 4 is 17.5 Å². The van der Waals surface area contributed by atoms with E-state index in [-0.39, 0.29) is 11.7 Å². The molecular formula is C12H16ClNO2. The molecule has 0 aliphatic carbocycles. The number of benzene rings is 1. The number of hydrogen-bond acceptors (Lipinski definition) is 2. The van der Waals surface area contributed by atoms with Crippen LogP contribution in [0.5, 0.6) is 5.75 Å². The number of phenolic OH excluding ortho intramolecular Hbond substituents is 1. The molecule has 0 aromatic heterocycles. The average Bonchev–Trinajstić information content (AvgIpc) is 2.21. The van der Waals surface area contributed by atoms with Crippen LogP contribution in [0.1, 0.15) is 30.6 Å². The molecule has 0 fully saturated rings. The van der Waals surface area contributed by atoms with E-state index >= 15 is 0 Å². The van der Waals surface area contributed by atoms with E-state index in [1.165, 1.54) is 18.2 Å². The lowest BCUT2D eigenvalue weighted by atomic mass is 10.1. The number of aromatic hydroxyl groups is 1. The van der Waals surface area contributed by atoms with E-state index < -0.39 is 0 Å². The molecule has 1 aromatic carbocycles. The molecule has 4 heteroatoms. The lowest BCUT2D eigenvalue weighted by Gasteiger charge is -2.08. The quantitative estimate of drug-likeness (QED) is 0.852. The highest BCUT2D eigenvalue weighted by molar-refractivity contribution is 6.33. The van der Waals surface area contributed by atoms with E-state index in [0.717, 1.165) is 6.42 Å². The van der Waals surface area contributed by atoms with Gasteiger partial charge in [0.1, 0.15) is 5.75 Å². The van der Waals surface area contributed by atoms with Crippen molar-refractivity contribution < 1.29 is 9.90 Å². The maximum Gasteiger partial charge on any atom is 0.252 e. The summed E-state index contributed by atoms with van der Waals surface area (Å²) in [6, 6.07) is 4.33. The Balaban J connectivity index is 2.62. The first-order chi connectivity index (χ1) is 7.50. The number of hydrogen-bond donors (Lipinski definition) is 2. The molecule has 0 aliphatic heterocycles. The number of carbonyl (C=O) groups excluding carboxylic acids is 1. The van der Waals surface area contributed by atoms with Crippen LogP contribution in [0.25, 0.3) is 0 Å². The molecule has 0 saturated heterocycles. The van der Waals surface area contributed by atoms with Crippen molar-refractivity contribution in [3.63, 3.8) is 0 Å². The first kappa shape index (κ1) is 12.8. The minimum Gasteiger partial charge on any atom is -0.508 e. The van der Waals surface area contributed by atoms with E-state index in [4.69, 9.17) is 11.6 Å². The Bertz CT molecular complexity index is 377. The number of nitrogens with one attached hydrogen (secondary N) is 1. The average molecular weight is 242 g/mol. The van der Waals surface area contributed by atoms with Crippen molar-refractivity contribution in [2.75, 3.05) is 6.54 Å².